The number of rotatable bonds is 6. The van der Waals surface area contributed by atoms with Crippen molar-refractivity contribution in [2.24, 2.45) is 5.92 Å². The van der Waals surface area contributed by atoms with Crippen LogP contribution in [0.25, 0.3) is 0 Å². The van der Waals surface area contributed by atoms with Crippen LogP contribution in [0.15, 0.2) is 16.6 Å². The van der Waals surface area contributed by atoms with Crippen LogP contribution in [0.3, 0.4) is 0 Å². The zero-order chi connectivity index (χ0) is 18.6. The second-order valence-electron chi connectivity index (χ2n) is 7.44. The minimum absolute atomic E-state index is 0.0210. The first-order chi connectivity index (χ1) is 11.7. The Hall–Kier alpha value is -1.47. The van der Waals surface area contributed by atoms with E-state index in [0.29, 0.717) is 13.1 Å². The van der Waals surface area contributed by atoms with Crippen LogP contribution >= 0.6 is 15.9 Å². The van der Waals surface area contributed by atoms with Crippen LogP contribution in [0.5, 0.6) is 11.5 Å². The van der Waals surface area contributed by atoms with Gasteiger partial charge in [0.05, 0.1) is 4.47 Å². The average Bonchev–Trinajstić information content (AvgIpc) is 2.93. The van der Waals surface area contributed by atoms with Gasteiger partial charge in [0, 0.05) is 19.1 Å². The molecule has 0 bridgehead atoms. The fraction of sp³-hybridized carbons (Fsp3) is 0.611. The Morgan fingerprint density at radius 3 is 2.68 bits per heavy atom. The van der Waals surface area contributed by atoms with Gasteiger partial charge in [-0.15, -0.1) is 0 Å². The predicted molar refractivity (Wildman–Crippen MR) is 100.0 cm³/mol. The molecular weight excluding hydrogens is 388 g/mol. The number of halogens is 1. The van der Waals surface area contributed by atoms with Crippen molar-refractivity contribution in [2.45, 2.75) is 52.8 Å². The molecule has 25 heavy (non-hydrogen) atoms. The lowest BCUT2D eigenvalue weighted by Crippen LogP contribution is -2.46. The number of hydrogen-bond acceptors (Lipinski definition) is 5. The molecule has 6 nitrogen and oxygen atoms in total. The molecular formula is C18H27BrN2O4. The van der Waals surface area contributed by atoms with E-state index in [0.717, 1.165) is 21.5 Å². The first-order valence-electron chi connectivity index (χ1n) is 8.44. The van der Waals surface area contributed by atoms with Gasteiger partial charge in [-0.1, -0.05) is 13.8 Å². The molecule has 1 unspecified atom stereocenters. The van der Waals surface area contributed by atoms with E-state index in [-0.39, 0.29) is 24.8 Å². The number of carbonyl (C=O) groups excluding carboxylic acids is 1. The number of fused-ring (bicyclic) bond motifs is 1. The molecule has 1 atom stereocenters. The first kappa shape index (κ1) is 19.8. The number of alkyl carbamates (subject to hydrolysis) is 1. The maximum Gasteiger partial charge on any atom is 0.407 e. The van der Waals surface area contributed by atoms with Gasteiger partial charge >= 0.3 is 6.09 Å². The number of benzene rings is 1. The van der Waals surface area contributed by atoms with Gasteiger partial charge < -0.3 is 24.8 Å². The van der Waals surface area contributed by atoms with Gasteiger partial charge in [0.25, 0.3) is 0 Å². The molecule has 1 aromatic rings. The molecule has 140 valence electrons. The van der Waals surface area contributed by atoms with E-state index < -0.39 is 5.60 Å². The molecule has 0 spiro atoms. The van der Waals surface area contributed by atoms with Crippen molar-refractivity contribution < 1.29 is 19.0 Å². The summed E-state index contributed by atoms with van der Waals surface area (Å²) in [6.07, 6.45) is -0.390. The standard InChI is InChI=1S/C18H27BrN2O4/c1-11(2)14(21-17(22)25-18(3,4)5)9-20-8-12-6-13(19)16-15(7-12)23-10-24-16/h6-7,11,14,20H,8-10H2,1-5H3,(H,21,22). The molecule has 7 heteroatoms. The van der Waals surface area contributed by atoms with Gasteiger partial charge in [0.1, 0.15) is 5.60 Å². The number of hydrogen-bond donors (Lipinski definition) is 2. The lowest BCUT2D eigenvalue weighted by molar-refractivity contribution is 0.0490. The molecule has 0 saturated heterocycles. The molecule has 0 fully saturated rings. The second-order valence-corrected chi connectivity index (χ2v) is 8.29. The van der Waals surface area contributed by atoms with Crippen LogP contribution in [0.1, 0.15) is 40.2 Å². The summed E-state index contributed by atoms with van der Waals surface area (Å²) < 4.78 is 17.0. The summed E-state index contributed by atoms with van der Waals surface area (Å²) >= 11 is 3.50. The minimum atomic E-state index is -0.502. The van der Waals surface area contributed by atoms with Crippen molar-refractivity contribution >= 4 is 22.0 Å². The van der Waals surface area contributed by atoms with Crippen LogP contribution in [0.4, 0.5) is 4.79 Å². The maximum atomic E-state index is 12.0. The zero-order valence-electron chi connectivity index (χ0n) is 15.4. The van der Waals surface area contributed by atoms with Crippen molar-refractivity contribution in [1.29, 1.82) is 0 Å². The zero-order valence-corrected chi connectivity index (χ0v) is 17.0. The SMILES string of the molecule is CC(C)C(CNCc1cc(Br)c2c(c1)OCO2)NC(=O)OC(C)(C)C. The largest absolute Gasteiger partial charge is 0.454 e. The monoisotopic (exact) mass is 414 g/mol. The van der Waals surface area contributed by atoms with Crippen LogP contribution in [0, 0.1) is 5.92 Å². The Morgan fingerprint density at radius 1 is 1.32 bits per heavy atom. The topological polar surface area (TPSA) is 68.8 Å². The third-order valence-corrected chi connectivity index (χ3v) is 4.28. The smallest absolute Gasteiger partial charge is 0.407 e. The number of carbonyl (C=O) groups is 1. The molecule has 1 aliphatic rings. The Kier molecular flexibility index (Phi) is 6.57. The molecule has 1 amide bonds. The van der Waals surface area contributed by atoms with Crippen LogP contribution in [0.2, 0.25) is 0 Å². The summed E-state index contributed by atoms with van der Waals surface area (Å²) in [6, 6.07) is 3.95. The van der Waals surface area contributed by atoms with Crippen molar-refractivity contribution in [3.63, 3.8) is 0 Å². The fourth-order valence-electron chi connectivity index (χ4n) is 2.41. The molecule has 1 heterocycles. The summed E-state index contributed by atoms with van der Waals surface area (Å²) in [5, 5.41) is 6.32. The highest BCUT2D eigenvalue weighted by molar-refractivity contribution is 9.10. The van der Waals surface area contributed by atoms with Gasteiger partial charge in [-0.2, -0.15) is 0 Å². The van der Waals surface area contributed by atoms with E-state index in [1.54, 1.807) is 0 Å². The third-order valence-electron chi connectivity index (χ3n) is 3.69. The third kappa shape index (κ3) is 6.08. The maximum absolute atomic E-state index is 12.0. The quantitative estimate of drug-likeness (QED) is 0.740. The molecule has 0 saturated carbocycles. The van der Waals surface area contributed by atoms with Gasteiger partial charge in [-0.25, -0.2) is 4.79 Å². The predicted octanol–water partition coefficient (Wildman–Crippen LogP) is 3.82. The highest BCUT2D eigenvalue weighted by Crippen LogP contribution is 2.39. The van der Waals surface area contributed by atoms with Crippen LogP contribution in [-0.4, -0.2) is 31.1 Å². The normalized spacial score (nSPS) is 14.5. The lowest BCUT2D eigenvalue weighted by atomic mass is 10.0. The van der Waals surface area contributed by atoms with E-state index in [4.69, 9.17) is 14.2 Å². The highest BCUT2D eigenvalue weighted by atomic mass is 79.9. The Balaban J connectivity index is 1.87. The Morgan fingerprint density at radius 2 is 2.04 bits per heavy atom. The van der Waals surface area contributed by atoms with E-state index in [1.807, 2.05) is 32.9 Å². The summed E-state index contributed by atoms with van der Waals surface area (Å²) in [6.45, 7) is 11.3. The number of nitrogens with one attached hydrogen (secondary N) is 2. The van der Waals surface area contributed by atoms with Crippen LogP contribution < -0.4 is 20.1 Å². The molecule has 0 aromatic heterocycles. The Bertz CT molecular complexity index is 614. The van der Waals surface area contributed by atoms with Gasteiger partial charge in [0.2, 0.25) is 6.79 Å². The van der Waals surface area contributed by atoms with Crippen molar-refractivity contribution in [1.82, 2.24) is 10.6 Å². The molecule has 1 aromatic carbocycles. The summed E-state index contributed by atoms with van der Waals surface area (Å²) in [4.78, 5) is 12.0. The number of ether oxygens (including phenoxy) is 3. The van der Waals surface area contributed by atoms with Crippen LogP contribution in [-0.2, 0) is 11.3 Å². The van der Waals surface area contributed by atoms with E-state index in [1.165, 1.54) is 0 Å². The summed E-state index contributed by atoms with van der Waals surface area (Å²) in [5.74, 6) is 1.78. The Labute approximate surface area is 157 Å². The lowest BCUT2D eigenvalue weighted by Gasteiger charge is -2.26. The van der Waals surface area contributed by atoms with E-state index in [9.17, 15) is 4.79 Å². The van der Waals surface area contributed by atoms with Gasteiger partial charge in [-0.05, 0) is 60.3 Å². The first-order valence-corrected chi connectivity index (χ1v) is 9.23. The van der Waals surface area contributed by atoms with Crippen molar-refractivity contribution in [3.8, 4) is 11.5 Å². The highest BCUT2D eigenvalue weighted by Gasteiger charge is 2.22. The van der Waals surface area contributed by atoms with Gasteiger partial charge in [-0.3, -0.25) is 0 Å². The molecule has 0 radical (unpaired) electrons. The summed E-state index contributed by atoms with van der Waals surface area (Å²) in [5.41, 5.74) is 0.577. The van der Waals surface area contributed by atoms with E-state index in [2.05, 4.69) is 40.4 Å². The van der Waals surface area contributed by atoms with Crippen molar-refractivity contribution in [2.75, 3.05) is 13.3 Å². The fourth-order valence-corrected chi connectivity index (χ4v) is 3.01. The number of amides is 1. The van der Waals surface area contributed by atoms with Gasteiger partial charge in [0.15, 0.2) is 11.5 Å². The average molecular weight is 415 g/mol. The molecule has 2 N–H and O–H groups in total. The second kappa shape index (κ2) is 8.27. The van der Waals surface area contributed by atoms with Crippen molar-refractivity contribution in [3.05, 3.63) is 22.2 Å². The van der Waals surface area contributed by atoms with E-state index >= 15 is 0 Å². The molecule has 1 aliphatic heterocycles. The molecule has 0 aliphatic carbocycles. The molecule has 2 rings (SSSR count). The minimum Gasteiger partial charge on any atom is -0.454 e. The summed E-state index contributed by atoms with van der Waals surface area (Å²) in [7, 11) is 0.